The fourth-order valence-electron chi connectivity index (χ4n) is 3.46. The van der Waals surface area contributed by atoms with Crippen molar-refractivity contribution >= 4 is 50.5 Å². The lowest BCUT2D eigenvalue weighted by Gasteiger charge is -2.13. The number of furan rings is 1. The van der Waals surface area contributed by atoms with E-state index in [0.717, 1.165) is 27.0 Å². The molecule has 1 aromatic heterocycles. The average Bonchev–Trinajstić information content (AvgIpc) is 3.50. The summed E-state index contributed by atoms with van der Waals surface area (Å²) in [4.78, 5) is 20.2. The van der Waals surface area contributed by atoms with E-state index in [1.807, 2.05) is 97.1 Å². The number of thioether (sulfide) groups is 1. The Morgan fingerprint density at radius 1 is 0.943 bits per heavy atom. The summed E-state index contributed by atoms with van der Waals surface area (Å²) in [6.45, 7) is 0.813. The van der Waals surface area contributed by atoms with E-state index >= 15 is 0 Å². The number of benzene rings is 3. The minimum atomic E-state index is -0.100. The minimum Gasteiger partial charge on any atom is -0.489 e. The number of ether oxygens (including phenoxy) is 1. The quantitative estimate of drug-likeness (QED) is 0.227. The average molecular weight is 545 g/mol. The first kappa shape index (κ1) is 23.2. The molecule has 0 atom stereocenters. The fraction of sp³-hybridized carbons (Fsp3) is 0.0714. The molecule has 0 radical (unpaired) electrons. The monoisotopic (exact) mass is 544 g/mol. The van der Waals surface area contributed by atoms with E-state index in [9.17, 15) is 4.79 Å². The van der Waals surface area contributed by atoms with Gasteiger partial charge in [-0.3, -0.25) is 9.69 Å². The van der Waals surface area contributed by atoms with Gasteiger partial charge >= 0.3 is 0 Å². The lowest BCUT2D eigenvalue weighted by atomic mass is 10.2. The van der Waals surface area contributed by atoms with Crippen LogP contribution in [0.1, 0.15) is 16.9 Å². The van der Waals surface area contributed by atoms with Gasteiger partial charge in [-0.1, -0.05) is 58.4 Å². The van der Waals surface area contributed by atoms with Gasteiger partial charge in [0.05, 0.1) is 23.4 Å². The van der Waals surface area contributed by atoms with Crippen molar-refractivity contribution in [2.24, 2.45) is 4.99 Å². The number of amidine groups is 1. The first-order valence-electron chi connectivity index (χ1n) is 11.0. The van der Waals surface area contributed by atoms with E-state index in [4.69, 9.17) is 14.1 Å². The normalized spacial score (nSPS) is 15.8. The van der Waals surface area contributed by atoms with Gasteiger partial charge in [0.25, 0.3) is 5.91 Å². The number of aliphatic imine (C=N–C) groups is 1. The number of carbonyl (C=O) groups is 1. The Morgan fingerprint density at radius 2 is 1.71 bits per heavy atom. The second-order valence-corrected chi connectivity index (χ2v) is 9.72. The summed E-state index contributed by atoms with van der Waals surface area (Å²) in [5.41, 5.74) is 2.80. The molecule has 0 saturated carbocycles. The molecule has 174 valence electrons. The van der Waals surface area contributed by atoms with Gasteiger partial charge in [-0.15, -0.1) is 0 Å². The standard InChI is InChI=1S/C28H21BrN2O3S/c29-22-12-8-21(9-13-22)19-34-24-14-10-20(11-15-24)17-26-27(32)31(18-25-7-4-16-33-25)28(35-26)30-23-5-2-1-3-6-23/h1-17H,18-19H2/b26-17-,30-28?. The molecule has 5 rings (SSSR count). The Morgan fingerprint density at radius 3 is 2.43 bits per heavy atom. The van der Waals surface area contributed by atoms with Crippen molar-refractivity contribution in [3.05, 3.63) is 124 Å². The molecule has 1 amide bonds. The topological polar surface area (TPSA) is 55.0 Å². The van der Waals surface area contributed by atoms with Crippen molar-refractivity contribution in [3.8, 4) is 5.75 Å². The second-order valence-electron chi connectivity index (χ2n) is 7.80. The molecule has 0 aliphatic carbocycles. The van der Waals surface area contributed by atoms with Crippen LogP contribution in [0, 0.1) is 0 Å². The van der Waals surface area contributed by atoms with Crippen LogP contribution in [0.4, 0.5) is 5.69 Å². The van der Waals surface area contributed by atoms with Crippen LogP contribution in [0.25, 0.3) is 6.08 Å². The summed E-state index contributed by atoms with van der Waals surface area (Å²) in [5, 5.41) is 0.623. The molecule has 2 heterocycles. The Hall–Kier alpha value is -3.55. The molecule has 35 heavy (non-hydrogen) atoms. The Balaban J connectivity index is 1.33. The van der Waals surface area contributed by atoms with Crippen molar-refractivity contribution in [2.45, 2.75) is 13.2 Å². The largest absolute Gasteiger partial charge is 0.489 e. The number of amides is 1. The van der Waals surface area contributed by atoms with Gasteiger partial charge in [0.1, 0.15) is 18.1 Å². The number of carbonyl (C=O) groups excluding carboxylic acids is 1. The van der Waals surface area contributed by atoms with E-state index in [1.54, 1.807) is 11.2 Å². The fourth-order valence-corrected chi connectivity index (χ4v) is 4.72. The Kier molecular flexibility index (Phi) is 7.16. The molecule has 0 unspecified atom stereocenters. The third kappa shape index (κ3) is 5.93. The van der Waals surface area contributed by atoms with Crippen molar-refractivity contribution in [1.29, 1.82) is 0 Å². The number of nitrogens with zero attached hydrogens (tertiary/aromatic N) is 2. The predicted molar refractivity (Wildman–Crippen MR) is 143 cm³/mol. The van der Waals surface area contributed by atoms with E-state index in [-0.39, 0.29) is 5.91 Å². The molecule has 1 aliphatic heterocycles. The van der Waals surface area contributed by atoms with Gasteiger partial charge in [-0.2, -0.15) is 0 Å². The first-order valence-corrected chi connectivity index (χ1v) is 12.6. The lowest BCUT2D eigenvalue weighted by Crippen LogP contribution is -2.28. The zero-order chi connectivity index (χ0) is 24.0. The van der Waals surface area contributed by atoms with Crippen molar-refractivity contribution in [2.75, 3.05) is 0 Å². The Labute approximate surface area is 216 Å². The Bertz CT molecular complexity index is 1350. The van der Waals surface area contributed by atoms with Crippen LogP contribution >= 0.6 is 27.7 Å². The minimum absolute atomic E-state index is 0.100. The van der Waals surface area contributed by atoms with Gasteiger partial charge in [0.2, 0.25) is 0 Å². The highest BCUT2D eigenvalue weighted by Crippen LogP contribution is 2.35. The maximum Gasteiger partial charge on any atom is 0.267 e. The molecule has 1 fully saturated rings. The highest BCUT2D eigenvalue weighted by Gasteiger charge is 2.34. The van der Waals surface area contributed by atoms with Crippen LogP contribution in [0.15, 0.2) is 116 Å². The SMILES string of the molecule is O=C1/C(=C/c2ccc(OCc3ccc(Br)cc3)cc2)SC(=Nc2ccccc2)N1Cc1ccco1. The van der Waals surface area contributed by atoms with Crippen molar-refractivity contribution < 1.29 is 13.9 Å². The van der Waals surface area contributed by atoms with Crippen LogP contribution in [0.5, 0.6) is 5.75 Å². The van der Waals surface area contributed by atoms with E-state index in [1.165, 1.54) is 11.8 Å². The zero-order valence-corrected chi connectivity index (χ0v) is 21.0. The highest BCUT2D eigenvalue weighted by molar-refractivity contribution is 9.10. The molecule has 0 N–H and O–H groups in total. The third-order valence-electron chi connectivity index (χ3n) is 5.26. The lowest BCUT2D eigenvalue weighted by molar-refractivity contribution is -0.122. The zero-order valence-electron chi connectivity index (χ0n) is 18.6. The molecule has 7 heteroatoms. The maximum absolute atomic E-state index is 13.3. The van der Waals surface area contributed by atoms with Crippen LogP contribution in [0.3, 0.4) is 0 Å². The predicted octanol–water partition coefficient (Wildman–Crippen LogP) is 7.43. The van der Waals surface area contributed by atoms with Crippen LogP contribution < -0.4 is 4.74 Å². The number of halogens is 1. The molecule has 5 nitrogen and oxygen atoms in total. The highest BCUT2D eigenvalue weighted by atomic mass is 79.9. The first-order chi connectivity index (χ1) is 17.1. The van der Waals surface area contributed by atoms with Gasteiger partial charge < -0.3 is 9.15 Å². The van der Waals surface area contributed by atoms with Gasteiger partial charge in [0.15, 0.2) is 5.17 Å². The van der Waals surface area contributed by atoms with E-state index in [2.05, 4.69) is 15.9 Å². The summed E-state index contributed by atoms with van der Waals surface area (Å²) in [5.74, 6) is 1.37. The summed E-state index contributed by atoms with van der Waals surface area (Å²) >= 11 is 4.80. The molecule has 1 aliphatic rings. The molecule has 3 aromatic carbocycles. The maximum atomic E-state index is 13.3. The van der Waals surface area contributed by atoms with Gasteiger partial charge in [0, 0.05) is 4.47 Å². The number of rotatable bonds is 7. The smallest absolute Gasteiger partial charge is 0.267 e. The summed E-state index contributed by atoms with van der Waals surface area (Å²) in [6, 6.07) is 29.0. The third-order valence-corrected chi connectivity index (χ3v) is 6.79. The van der Waals surface area contributed by atoms with Gasteiger partial charge in [-0.05, 0) is 77.5 Å². The van der Waals surface area contributed by atoms with E-state index in [0.29, 0.717) is 29.0 Å². The summed E-state index contributed by atoms with van der Waals surface area (Å²) < 4.78 is 12.4. The molecule has 0 bridgehead atoms. The molecule has 0 spiro atoms. The van der Waals surface area contributed by atoms with E-state index < -0.39 is 0 Å². The molecule has 1 saturated heterocycles. The number of hydrogen-bond donors (Lipinski definition) is 0. The van der Waals surface area contributed by atoms with Crippen molar-refractivity contribution in [3.63, 3.8) is 0 Å². The van der Waals surface area contributed by atoms with Crippen molar-refractivity contribution in [1.82, 2.24) is 4.90 Å². The number of para-hydroxylation sites is 1. The van der Waals surface area contributed by atoms with Crippen LogP contribution in [-0.4, -0.2) is 16.0 Å². The molecular weight excluding hydrogens is 524 g/mol. The van der Waals surface area contributed by atoms with Crippen LogP contribution in [0.2, 0.25) is 0 Å². The summed E-state index contributed by atoms with van der Waals surface area (Å²) in [6.07, 6.45) is 3.49. The van der Waals surface area contributed by atoms with Gasteiger partial charge in [-0.25, -0.2) is 4.99 Å². The molecule has 4 aromatic rings. The van der Waals surface area contributed by atoms with Crippen LogP contribution in [-0.2, 0) is 17.9 Å². The number of hydrogen-bond acceptors (Lipinski definition) is 5. The summed E-state index contributed by atoms with van der Waals surface area (Å²) in [7, 11) is 0. The molecular formula is C28H21BrN2O3S. The second kappa shape index (κ2) is 10.8.